The number of benzene rings is 1. The molecule has 1 amide bonds. The van der Waals surface area contributed by atoms with E-state index in [4.69, 9.17) is 4.84 Å². The Kier molecular flexibility index (Phi) is 5.93. The van der Waals surface area contributed by atoms with E-state index in [1.165, 1.54) is 12.8 Å². The van der Waals surface area contributed by atoms with Gasteiger partial charge in [-0.2, -0.15) is 0 Å². The second-order valence-corrected chi connectivity index (χ2v) is 9.12. The minimum Gasteiger partial charge on any atom is -0.395 e. The smallest absolute Gasteiger partial charge is 0.253 e. The summed E-state index contributed by atoms with van der Waals surface area (Å²) in [6, 6.07) is 14.1. The van der Waals surface area contributed by atoms with E-state index in [2.05, 4.69) is 20.4 Å². The zero-order valence-electron chi connectivity index (χ0n) is 18.5. The molecule has 3 aromatic rings. The van der Waals surface area contributed by atoms with Crippen LogP contribution in [0, 0.1) is 18.8 Å². The fraction of sp³-hybridized carbons (Fsp3) is 0.423. The number of fused-ring (bicyclic) bond motifs is 1. The van der Waals surface area contributed by atoms with Crippen molar-refractivity contribution < 1.29 is 9.63 Å². The van der Waals surface area contributed by atoms with Crippen molar-refractivity contribution in [2.75, 3.05) is 6.61 Å². The molecule has 0 saturated heterocycles. The summed E-state index contributed by atoms with van der Waals surface area (Å²) in [5, 5.41) is 8.79. The van der Waals surface area contributed by atoms with Gasteiger partial charge in [0.2, 0.25) is 0 Å². The lowest BCUT2D eigenvalue weighted by atomic mass is 9.82. The van der Waals surface area contributed by atoms with Gasteiger partial charge in [-0.05, 0) is 69.6 Å². The Morgan fingerprint density at radius 3 is 2.62 bits per heavy atom. The highest BCUT2D eigenvalue weighted by atomic mass is 16.6. The topological polar surface area (TPSA) is 79.4 Å². The lowest BCUT2D eigenvalue weighted by molar-refractivity contribution is 0.0925. The summed E-state index contributed by atoms with van der Waals surface area (Å²) in [5.41, 5.74) is 4.51. The first kappa shape index (κ1) is 20.7. The third-order valence-electron chi connectivity index (χ3n) is 6.67. The van der Waals surface area contributed by atoms with Crippen LogP contribution in [0.3, 0.4) is 0 Å². The summed E-state index contributed by atoms with van der Waals surface area (Å²) in [4.78, 5) is 26.6. The number of nitrogens with zero attached hydrogens (tertiary/aromatic N) is 2. The number of carbonyl (C=O) groups excluding carboxylic acids is 1. The van der Waals surface area contributed by atoms with E-state index >= 15 is 0 Å². The van der Waals surface area contributed by atoms with Crippen molar-refractivity contribution in [3.05, 3.63) is 65.6 Å². The molecule has 2 aromatic heterocycles. The molecule has 0 radical (unpaired) electrons. The second kappa shape index (κ2) is 9.15. The molecule has 6 nitrogen and oxygen atoms in total. The van der Waals surface area contributed by atoms with Gasteiger partial charge in [0.1, 0.15) is 12.3 Å². The van der Waals surface area contributed by atoms with Crippen LogP contribution in [0.25, 0.3) is 10.9 Å². The van der Waals surface area contributed by atoms with Crippen LogP contribution in [0.4, 0.5) is 0 Å². The number of aryl methyl sites for hydroxylation is 1. The molecule has 5 rings (SSSR count). The summed E-state index contributed by atoms with van der Waals surface area (Å²) >= 11 is 0. The first-order valence-electron chi connectivity index (χ1n) is 11.7. The molecule has 2 fully saturated rings. The number of para-hydroxylation sites is 1. The molecule has 0 spiro atoms. The van der Waals surface area contributed by atoms with Gasteiger partial charge in [-0.3, -0.25) is 9.78 Å². The van der Waals surface area contributed by atoms with E-state index in [9.17, 15) is 4.79 Å². The molecule has 0 atom stereocenters. The number of aromatic amines is 1. The van der Waals surface area contributed by atoms with Gasteiger partial charge in [0, 0.05) is 34.8 Å². The average Bonchev–Trinajstić information content (AvgIpc) is 3.57. The predicted molar refractivity (Wildman–Crippen MR) is 126 cm³/mol. The van der Waals surface area contributed by atoms with Crippen LogP contribution in [0.2, 0.25) is 0 Å². The van der Waals surface area contributed by atoms with Gasteiger partial charge in [0.15, 0.2) is 0 Å². The van der Waals surface area contributed by atoms with Gasteiger partial charge in [-0.25, -0.2) is 0 Å². The molecule has 2 aliphatic carbocycles. The fourth-order valence-corrected chi connectivity index (χ4v) is 4.68. The van der Waals surface area contributed by atoms with Crippen LogP contribution < -0.4 is 5.32 Å². The van der Waals surface area contributed by atoms with E-state index in [-0.39, 0.29) is 11.9 Å². The third-order valence-corrected chi connectivity index (χ3v) is 6.67. The minimum atomic E-state index is 0.00906. The summed E-state index contributed by atoms with van der Waals surface area (Å²) in [7, 11) is 0. The Bertz CT molecular complexity index is 1110. The highest BCUT2D eigenvalue weighted by Crippen LogP contribution is 2.31. The van der Waals surface area contributed by atoms with Crippen LogP contribution in [0.15, 0.2) is 53.8 Å². The Labute approximate surface area is 188 Å². The molecule has 0 unspecified atom stereocenters. The zero-order valence-corrected chi connectivity index (χ0v) is 18.5. The van der Waals surface area contributed by atoms with Crippen molar-refractivity contribution in [1.82, 2.24) is 15.3 Å². The number of rotatable bonds is 7. The Morgan fingerprint density at radius 1 is 1.09 bits per heavy atom. The lowest BCUT2D eigenvalue weighted by Gasteiger charge is -2.29. The van der Waals surface area contributed by atoms with Crippen molar-refractivity contribution in [2.45, 2.75) is 51.5 Å². The van der Waals surface area contributed by atoms with E-state index in [0.29, 0.717) is 18.4 Å². The van der Waals surface area contributed by atoms with Crippen LogP contribution in [-0.4, -0.2) is 34.2 Å². The SMILES string of the molecule is Cc1[nH]c2ccccc2c1C(=O)NC1CCC(/C(=N\OCC2CC2)c2ccccn2)CC1. The van der Waals surface area contributed by atoms with Gasteiger partial charge in [-0.1, -0.05) is 29.4 Å². The average molecular weight is 431 g/mol. The van der Waals surface area contributed by atoms with Gasteiger partial charge >= 0.3 is 0 Å². The van der Waals surface area contributed by atoms with E-state index < -0.39 is 0 Å². The van der Waals surface area contributed by atoms with Crippen molar-refractivity contribution in [3.8, 4) is 0 Å². The van der Waals surface area contributed by atoms with E-state index in [1.54, 1.807) is 6.20 Å². The maximum absolute atomic E-state index is 13.1. The number of aromatic nitrogens is 2. The van der Waals surface area contributed by atoms with Crippen molar-refractivity contribution >= 4 is 22.5 Å². The maximum Gasteiger partial charge on any atom is 0.253 e. The largest absolute Gasteiger partial charge is 0.395 e. The number of nitrogens with one attached hydrogen (secondary N) is 2. The standard InChI is InChI=1S/C26H30N4O2/c1-17-24(21-6-2-3-7-22(21)28-17)26(31)29-20-13-11-19(12-14-20)25(23-8-4-5-15-27-23)30-32-16-18-9-10-18/h2-8,15,18-20,28H,9-14,16H2,1H3,(H,29,31)/b30-25+. The highest BCUT2D eigenvalue weighted by Gasteiger charge is 2.29. The molecular weight excluding hydrogens is 400 g/mol. The Hall–Kier alpha value is -3.15. The second-order valence-electron chi connectivity index (χ2n) is 9.12. The summed E-state index contributed by atoms with van der Waals surface area (Å²) < 4.78 is 0. The predicted octanol–water partition coefficient (Wildman–Crippen LogP) is 4.99. The summed E-state index contributed by atoms with van der Waals surface area (Å²) in [5.74, 6) is 0.976. The van der Waals surface area contributed by atoms with Crippen LogP contribution >= 0.6 is 0 Å². The molecule has 0 bridgehead atoms. The number of hydrogen-bond donors (Lipinski definition) is 2. The fourth-order valence-electron chi connectivity index (χ4n) is 4.68. The Morgan fingerprint density at radius 2 is 1.88 bits per heavy atom. The number of oxime groups is 1. The highest BCUT2D eigenvalue weighted by molar-refractivity contribution is 6.08. The molecule has 2 saturated carbocycles. The zero-order chi connectivity index (χ0) is 21.9. The number of amides is 1. The van der Waals surface area contributed by atoms with Gasteiger partial charge in [0.25, 0.3) is 5.91 Å². The summed E-state index contributed by atoms with van der Waals surface area (Å²) in [6.45, 7) is 2.66. The lowest BCUT2D eigenvalue weighted by Crippen LogP contribution is -2.39. The quantitative estimate of drug-likeness (QED) is 0.409. The third kappa shape index (κ3) is 4.54. The van der Waals surface area contributed by atoms with Crippen LogP contribution in [-0.2, 0) is 4.84 Å². The molecule has 1 aromatic carbocycles. The first-order valence-corrected chi connectivity index (χ1v) is 11.7. The molecule has 166 valence electrons. The van der Waals surface area contributed by atoms with Crippen LogP contribution in [0.1, 0.15) is 60.3 Å². The molecule has 2 aliphatic rings. The molecule has 2 heterocycles. The van der Waals surface area contributed by atoms with Gasteiger partial charge < -0.3 is 15.1 Å². The van der Waals surface area contributed by atoms with E-state index in [1.807, 2.05) is 49.4 Å². The van der Waals surface area contributed by atoms with Crippen molar-refractivity contribution in [2.24, 2.45) is 17.0 Å². The van der Waals surface area contributed by atoms with Crippen molar-refractivity contribution in [1.29, 1.82) is 0 Å². The Balaban J connectivity index is 1.24. The monoisotopic (exact) mass is 430 g/mol. The number of H-pyrrole nitrogens is 1. The normalized spacial score (nSPS) is 21.5. The molecule has 0 aliphatic heterocycles. The number of pyridine rings is 1. The molecule has 32 heavy (non-hydrogen) atoms. The maximum atomic E-state index is 13.1. The van der Waals surface area contributed by atoms with Gasteiger partial charge in [-0.15, -0.1) is 0 Å². The number of carbonyl (C=O) groups is 1. The van der Waals surface area contributed by atoms with Crippen LogP contribution in [0.5, 0.6) is 0 Å². The molecular formula is C26H30N4O2. The van der Waals surface area contributed by atoms with E-state index in [0.717, 1.165) is 59.2 Å². The van der Waals surface area contributed by atoms with Crippen molar-refractivity contribution in [3.63, 3.8) is 0 Å². The molecule has 6 heteroatoms. The molecule has 2 N–H and O–H groups in total. The first-order chi connectivity index (χ1) is 15.7. The van der Waals surface area contributed by atoms with Gasteiger partial charge in [0.05, 0.1) is 11.3 Å². The summed E-state index contributed by atoms with van der Waals surface area (Å²) in [6.07, 6.45) is 8.06. The number of hydrogen-bond acceptors (Lipinski definition) is 4. The minimum absolute atomic E-state index is 0.00906.